The van der Waals surface area contributed by atoms with Crippen LogP contribution >= 0.6 is 0 Å². The third kappa shape index (κ3) is 1.05. The number of ether oxygens (including phenoxy) is 2. The van der Waals surface area contributed by atoms with E-state index in [1.54, 1.807) is 6.21 Å². The predicted molar refractivity (Wildman–Crippen MR) is 36.0 cm³/mol. The highest BCUT2D eigenvalue weighted by Gasteiger charge is 2.26. The quantitative estimate of drug-likeness (QED) is 0.529. The van der Waals surface area contributed by atoms with Gasteiger partial charge in [-0.2, -0.15) is 0 Å². The van der Waals surface area contributed by atoms with Gasteiger partial charge in [0, 0.05) is 12.8 Å². The maximum atomic E-state index is 5.31. The van der Waals surface area contributed by atoms with Crippen molar-refractivity contribution in [2.75, 3.05) is 19.9 Å². The molecule has 10 heavy (non-hydrogen) atoms. The Morgan fingerprint density at radius 3 is 3.10 bits per heavy atom. The molecule has 1 N–H and O–H groups in total. The van der Waals surface area contributed by atoms with Crippen LogP contribution in [0.25, 0.3) is 0 Å². The number of rotatable bonds is 1. The number of nitrogens with one attached hydrogen (secondary N) is 1. The molecular weight excluding hydrogens is 132 g/mol. The lowest BCUT2D eigenvalue weighted by atomic mass is 10.3. The molecule has 4 heteroatoms. The lowest BCUT2D eigenvalue weighted by molar-refractivity contribution is -0.00671. The fraction of sp³-hybridized carbons (Fsp3) is 0.833. The molecule has 0 aromatic heterocycles. The first-order valence-corrected chi connectivity index (χ1v) is 3.43. The van der Waals surface area contributed by atoms with Crippen molar-refractivity contribution in [3.8, 4) is 0 Å². The Morgan fingerprint density at radius 2 is 2.50 bits per heavy atom. The van der Waals surface area contributed by atoms with Crippen molar-refractivity contribution in [1.29, 1.82) is 0 Å². The molecule has 1 fully saturated rings. The van der Waals surface area contributed by atoms with Crippen LogP contribution in [0.1, 0.15) is 0 Å². The lowest BCUT2D eigenvalue weighted by Crippen LogP contribution is -2.36. The molecule has 0 aromatic carbocycles. The summed E-state index contributed by atoms with van der Waals surface area (Å²) in [7, 11) is 0. The first kappa shape index (κ1) is 6.27. The fourth-order valence-corrected chi connectivity index (χ4v) is 1.14. The highest BCUT2D eigenvalue weighted by Crippen LogP contribution is 2.07. The van der Waals surface area contributed by atoms with Crippen LogP contribution in [-0.4, -0.2) is 38.4 Å². The Balaban J connectivity index is 1.91. The summed E-state index contributed by atoms with van der Waals surface area (Å²) in [6, 6.07) is 0. The van der Waals surface area contributed by atoms with E-state index in [1.165, 1.54) is 0 Å². The van der Waals surface area contributed by atoms with Crippen molar-refractivity contribution in [3.05, 3.63) is 0 Å². The predicted octanol–water partition coefficient (Wildman–Crippen LogP) is -0.641. The van der Waals surface area contributed by atoms with E-state index in [9.17, 15) is 0 Å². The summed E-state index contributed by atoms with van der Waals surface area (Å²) in [5.41, 5.74) is 0. The van der Waals surface area contributed by atoms with E-state index in [0.29, 0.717) is 6.73 Å². The molecule has 2 unspecified atom stereocenters. The van der Waals surface area contributed by atoms with Gasteiger partial charge in [0.05, 0.1) is 6.61 Å². The second-order valence-corrected chi connectivity index (χ2v) is 2.34. The van der Waals surface area contributed by atoms with Crippen LogP contribution in [0.5, 0.6) is 0 Å². The van der Waals surface area contributed by atoms with Crippen LogP contribution < -0.4 is 5.32 Å². The Kier molecular flexibility index (Phi) is 1.66. The zero-order valence-corrected chi connectivity index (χ0v) is 5.62. The summed E-state index contributed by atoms with van der Waals surface area (Å²) < 4.78 is 10.5. The largest absolute Gasteiger partial charge is 0.359 e. The molecule has 2 rings (SSSR count). The Bertz CT molecular complexity index is 143. The molecule has 2 atom stereocenters. The van der Waals surface area contributed by atoms with Crippen molar-refractivity contribution in [2.24, 2.45) is 4.99 Å². The third-order valence-corrected chi connectivity index (χ3v) is 1.64. The van der Waals surface area contributed by atoms with Crippen molar-refractivity contribution in [1.82, 2.24) is 5.32 Å². The van der Waals surface area contributed by atoms with Gasteiger partial charge >= 0.3 is 0 Å². The van der Waals surface area contributed by atoms with Crippen LogP contribution in [0.15, 0.2) is 4.99 Å². The van der Waals surface area contributed by atoms with Gasteiger partial charge in [-0.3, -0.25) is 10.3 Å². The third-order valence-electron chi connectivity index (χ3n) is 1.64. The SMILES string of the molecule is C1=NCOC1C1NCCO1. The average molecular weight is 142 g/mol. The van der Waals surface area contributed by atoms with E-state index in [0.717, 1.165) is 13.2 Å². The number of hydrogen-bond donors (Lipinski definition) is 1. The van der Waals surface area contributed by atoms with E-state index in [1.807, 2.05) is 0 Å². The van der Waals surface area contributed by atoms with Crippen molar-refractivity contribution in [3.63, 3.8) is 0 Å². The minimum Gasteiger partial charge on any atom is -0.359 e. The summed E-state index contributed by atoms with van der Waals surface area (Å²) >= 11 is 0. The van der Waals surface area contributed by atoms with Crippen LogP contribution in [0, 0.1) is 0 Å². The Labute approximate surface area is 59.2 Å². The van der Waals surface area contributed by atoms with Gasteiger partial charge in [0.1, 0.15) is 19.1 Å². The molecule has 2 heterocycles. The topological polar surface area (TPSA) is 42.8 Å². The number of aliphatic imine (C=N–C) groups is 1. The minimum atomic E-state index is 0.0301. The first-order valence-electron chi connectivity index (χ1n) is 3.43. The molecule has 2 aliphatic heterocycles. The average Bonchev–Trinajstić information content (AvgIpc) is 2.59. The van der Waals surface area contributed by atoms with Crippen LogP contribution in [0.2, 0.25) is 0 Å². The van der Waals surface area contributed by atoms with E-state index in [-0.39, 0.29) is 12.3 Å². The molecule has 2 aliphatic rings. The van der Waals surface area contributed by atoms with Crippen molar-refractivity contribution in [2.45, 2.75) is 12.3 Å². The summed E-state index contributed by atoms with van der Waals surface area (Å²) in [6.07, 6.45) is 1.86. The molecule has 1 saturated heterocycles. The second kappa shape index (κ2) is 2.65. The number of hydrogen-bond acceptors (Lipinski definition) is 4. The van der Waals surface area contributed by atoms with E-state index in [4.69, 9.17) is 9.47 Å². The summed E-state index contributed by atoms with van der Waals surface area (Å²) in [5.74, 6) is 0. The fourth-order valence-electron chi connectivity index (χ4n) is 1.14. The maximum absolute atomic E-state index is 5.31. The summed E-state index contributed by atoms with van der Waals surface area (Å²) in [5, 5.41) is 3.16. The van der Waals surface area contributed by atoms with Gasteiger partial charge in [0.15, 0.2) is 0 Å². The van der Waals surface area contributed by atoms with Gasteiger partial charge in [-0.15, -0.1) is 0 Å². The molecule has 0 aromatic rings. The Morgan fingerprint density at radius 1 is 1.50 bits per heavy atom. The van der Waals surface area contributed by atoms with Crippen LogP contribution in [0.3, 0.4) is 0 Å². The molecular formula is C6H10N2O2. The summed E-state index contributed by atoms with van der Waals surface area (Å²) in [6.45, 7) is 2.17. The number of nitrogens with zero attached hydrogens (tertiary/aromatic N) is 1. The monoisotopic (exact) mass is 142 g/mol. The van der Waals surface area contributed by atoms with Gasteiger partial charge in [-0.25, -0.2) is 0 Å². The van der Waals surface area contributed by atoms with Gasteiger partial charge in [0.25, 0.3) is 0 Å². The van der Waals surface area contributed by atoms with Gasteiger partial charge in [0.2, 0.25) is 0 Å². The molecule has 56 valence electrons. The molecule has 0 aliphatic carbocycles. The zero-order valence-electron chi connectivity index (χ0n) is 5.62. The first-order chi connectivity index (χ1) is 4.97. The van der Waals surface area contributed by atoms with Gasteiger partial charge in [-0.1, -0.05) is 0 Å². The zero-order chi connectivity index (χ0) is 6.81. The molecule has 0 saturated carbocycles. The second-order valence-electron chi connectivity index (χ2n) is 2.34. The molecule has 0 bridgehead atoms. The lowest BCUT2D eigenvalue weighted by Gasteiger charge is -2.13. The highest BCUT2D eigenvalue weighted by molar-refractivity contribution is 5.65. The van der Waals surface area contributed by atoms with Gasteiger partial charge < -0.3 is 9.47 Å². The maximum Gasteiger partial charge on any atom is 0.139 e. The smallest absolute Gasteiger partial charge is 0.139 e. The van der Waals surface area contributed by atoms with Crippen LogP contribution in [0.4, 0.5) is 0 Å². The standard InChI is InChI=1S/C6H10N2O2/c1-2-9-6(8-1)5-3-7-4-10-5/h3,5-6,8H,1-2,4H2. The highest BCUT2D eigenvalue weighted by atomic mass is 16.6. The van der Waals surface area contributed by atoms with Crippen molar-refractivity contribution < 1.29 is 9.47 Å². The molecule has 0 spiro atoms. The summed E-state index contributed by atoms with van der Waals surface area (Å²) in [4.78, 5) is 3.94. The van der Waals surface area contributed by atoms with Crippen LogP contribution in [-0.2, 0) is 9.47 Å². The normalized spacial score (nSPS) is 39.2. The van der Waals surface area contributed by atoms with E-state index in [2.05, 4.69) is 10.3 Å². The van der Waals surface area contributed by atoms with Gasteiger partial charge in [-0.05, 0) is 0 Å². The van der Waals surface area contributed by atoms with E-state index >= 15 is 0 Å². The minimum absolute atomic E-state index is 0.0301. The molecule has 0 amide bonds. The molecule has 4 nitrogen and oxygen atoms in total. The van der Waals surface area contributed by atoms with Crippen molar-refractivity contribution >= 4 is 6.21 Å². The molecule has 0 radical (unpaired) electrons. The Hall–Kier alpha value is -0.450. The van der Waals surface area contributed by atoms with E-state index < -0.39 is 0 Å².